The number of nitrogens with one attached hydrogen (secondary N) is 1. The van der Waals surface area contributed by atoms with Gasteiger partial charge in [-0.3, -0.25) is 0 Å². The molecular formula is C10H14BrNO. The van der Waals surface area contributed by atoms with Crippen molar-refractivity contribution in [2.24, 2.45) is 0 Å². The zero-order valence-electron chi connectivity index (χ0n) is 7.72. The molecule has 0 aliphatic rings. The van der Waals surface area contributed by atoms with Gasteiger partial charge < -0.3 is 9.73 Å². The molecule has 0 radical (unpaired) electrons. The molecule has 0 bridgehead atoms. The zero-order chi connectivity index (χ0) is 9.68. The minimum atomic E-state index is 0.244. The van der Waals surface area contributed by atoms with Gasteiger partial charge in [-0.2, -0.15) is 0 Å². The van der Waals surface area contributed by atoms with Crippen molar-refractivity contribution >= 4 is 15.9 Å². The van der Waals surface area contributed by atoms with Crippen molar-refractivity contribution in [3.8, 4) is 0 Å². The molecule has 0 aliphatic carbocycles. The lowest BCUT2D eigenvalue weighted by Gasteiger charge is -2.12. The summed E-state index contributed by atoms with van der Waals surface area (Å²) in [6.07, 6.45) is 2.78. The first kappa shape index (κ1) is 10.5. The van der Waals surface area contributed by atoms with Crippen LogP contribution in [-0.4, -0.2) is 6.54 Å². The molecule has 72 valence electrons. The zero-order valence-corrected chi connectivity index (χ0v) is 9.30. The Balaban J connectivity index is 2.68. The number of rotatable bonds is 5. The average molecular weight is 244 g/mol. The van der Waals surface area contributed by atoms with Crippen LogP contribution in [0.3, 0.4) is 0 Å². The second kappa shape index (κ2) is 5.25. The van der Waals surface area contributed by atoms with E-state index in [0.717, 1.165) is 23.4 Å². The monoisotopic (exact) mass is 243 g/mol. The Hall–Kier alpha value is -0.540. The van der Waals surface area contributed by atoms with Crippen LogP contribution in [0.15, 0.2) is 33.9 Å². The van der Waals surface area contributed by atoms with Crippen LogP contribution in [0.1, 0.15) is 25.1 Å². The maximum absolute atomic E-state index is 5.46. The Kier molecular flexibility index (Phi) is 4.25. The molecule has 1 rings (SSSR count). The largest absolute Gasteiger partial charge is 0.453 e. The van der Waals surface area contributed by atoms with E-state index in [-0.39, 0.29) is 6.04 Å². The maximum atomic E-state index is 5.46. The number of hydrogen-bond donors (Lipinski definition) is 1. The van der Waals surface area contributed by atoms with Gasteiger partial charge in [0.1, 0.15) is 5.76 Å². The predicted molar refractivity (Wildman–Crippen MR) is 57.6 cm³/mol. The summed E-state index contributed by atoms with van der Waals surface area (Å²) in [6, 6.07) is 4.12. The molecule has 0 saturated heterocycles. The predicted octanol–water partition coefficient (Wildman–Crippen LogP) is 3.27. The Labute approximate surface area is 87.1 Å². The van der Waals surface area contributed by atoms with Crippen LogP contribution in [0.25, 0.3) is 0 Å². The minimum Gasteiger partial charge on any atom is -0.453 e. The standard InChI is InChI=1S/C10H14BrNO/c1-3-5-8(12-4-2)9-6-7-10(11)13-9/h3,6-8,12H,1,4-5H2,2H3. The van der Waals surface area contributed by atoms with E-state index >= 15 is 0 Å². The average Bonchev–Trinajstić information content (AvgIpc) is 2.51. The number of halogens is 1. The van der Waals surface area contributed by atoms with E-state index in [4.69, 9.17) is 4.42 Å². The third kappa shape index (κ3) is 3.01. The topological polar surface area (TPSA) is 25.2 Å². The second-order valence-corrected chi connectivity index (χ2v) is 3.56. The molecule has 0 fully saturated rings. The lowest BCUT2D eigenvalue weighted by Crippen LogP contribution is -2.19. The Morgan fingerprint density at radius 2 is 2.46 bits per heavy atom. The molecule has 1 aromatic heterocycles. The third-order valence-electron chi connectivity index (χ3n) is 1.79. The smallest absolute Gasteiger partial charge is 0.169 e. The fourth-order valence-corrected chi connectivity index (χ4v) is 1.55. The normalized spacial score (nSPS) is 12.8. The van der Waals surface area contributed by atoms with Crippen molar-refractivity contribution in [3.05, 3.63) is 35.2 Å². The maximum Gasteiger partial charge on any atom is 0.169 e. The van der Waals surface area contributed by atoms with Gasteiger partial charge in [0.25, 0.3) is 0 Å². The highest BCUT2D eigenvalue weighted by Gasteiger charge is 2.11. The van der Waals surface area contributed by atoms with Gasteiger partial charge in [0.15, 0.2) is 4.67 Å². The Morgan fingerprint density at radius 3 is 2.92 bits per heavy atom. The molecule has 0 aliphatic heterocycles. The first-order chi connectivity index (χ1) is 6.27. The fourth-order valence-electron chi connectivity index (χ4n) is 1.23. The van der Waals surface area contributed by atoms with E-state index < -0.39 is 0 Å². The van der Waals surface area contributed by atoms with Crippen LogP contribution in [0.5, 0.6) is 0 Å². The van der Waals surface area contributed by atoms with Crippen molar-refractivity contribution in [2.75, 3.05) is 6.54 Å². The highest BCUT2D eigenvalue weighted by Crippen LogP contribution is 2.22. The van der Waals surface area contributed by atoms with Crippen LogP contribution in [0.4, 0.5) is 0 Å². The first-order valence-corrected chi connectivity index (χ1v) is 5.16. The SMILES string of the molecule is C=CCC(NCC)c1ccc(Br)o1. The van der Waals surface area contributed by atoms with Crippen molar-refractivity contribution in [1.82, 2.24) is 5.32 Å². The molecule has 13 heavy (non-hydrogen) atoms. The summed E-state index contributed by atoms with van der Waals surface area (Å²) in [5.74, 6) is 0.952. The van der Waals surface area contributed by atoms with E-state index in [1.54, 1.807) is 0 Å². The number of furan rings is 1. The minimum absolute atomic E-state index is 0.244. The summed E-state index contributed by atoms with van der Waals surface area (Å²) >= 11 is 3.28. The van der Waals surface area contributed by atoms with Crippen molar-refractivity contribution in [3.63, 3.8) is 0 Å². The second-order valence-electron chi connectivity index (χ2n) is 2.78. The van der Waals surface area contributed by atoms with E-state index in [2.05, 4.69) is 34.7 Å². The molecule has 1 aromatic rings. The van der Waals surface area contributed by atoms with Gasteiger partial charge in [0.05, 0.1) is 6.04 Å². The van der Waals surface area contributed by atoms with Crippen molar-refractivity contribution in [1.29, 1.82) is 0 Å². The van der Waals surface area contributed by atoms with E-state index in [9.17, 15) is 0 Å². The summed E-state index contributed by atoms with van der Waals surface area (Å²) in [4.78, 5) is 0. The van der Waals surface area contributed by atoms with Gasteiger partial charge in [0, 0.05) is 0 Å². The van der Waals surface area contributed by atoms with Crippen LogP contribution in [0, 0.1) is 0 Å². The molecule has 1 N–H and O–H groups in total. The first-order valence-electron chi connectivity index (χ1n) is 4.37. The molecule has 0 aromatic carbocycles. The van der Waals surface area contributed by atoms with Crippen LogP contribution in [0.2, 0.25) is 0 Å². The van der Waals surface area contributed by atoms with Crippen molar-refractivity contribution in [2.45, 2.75) is 19.4 Å². The lowest BCUT2D eigenvalue weighted by atomic mass is 10.1. The van der Waals surface area contributed by atoms with Gasteiger partial charge in [-0.1, -0.05) is 13.0 Å². The molecule has 2 nitrogen and oxygen atoms in total. The Bertz CT molecular complexity index is 270. The molecule has 1 atom stereocenters. The molecular weight excluding hydrogens is 230 g/mol. The van der Waals surface area contributed by atoms with E-state index in [0.29, 0.717) is 0 Å². The highest BCUT2D eigenvalue weighted by molar-refractivity contribution is 9.10. The van der Waals surface area contributed by atoms with Gasteiger partial charge in [-0.25, -0.2) is 0 Å². The fraction of sp³-hybridized carbons (Fsp3) is 0.400. The van der Waals surface area contributed by atoms with Crippen LogP contribution in [-0.2, 0) is 0 Å². The Morgan fingerprint density at radius 1 is 1.69 bits per heavy atom. The summed E-state index contributed by atoms with van der Waals surface area (Å²) in [6.45, 7) is 6.73. The van der Waals surface area contributed by atoms with Gasteiger partial charge in [-0.05, 0) is 41.0 Å². The molecule has 0 saturated carbocycles. The molecule has 0 amide bonds. The van der Waals surface area contributed by atoms with Gasteiger partial charge in [0.2, 0.25) is 0 Å². The van der Waals surface area contributed by atoms with Crippen molar-refractivity contribution < 1.29 is 4.42 Å². The van der Waals surface area contributed by atoms with E-state index in [1.807, 2.05) is 18.2 Å². The van der Waals surface area contributed by atoms with Crippen LogP contribution < -0.4 is 5.32 Å². The third-order valence-corrected chi connectivity index (χ3v) is 2.22. The summed E-state index contributed by atoms with van der Waals surface area (Å²) in [7, 11) is 0. The van der Waals surface area contributed by atoms with E-state index in [1.165, 1.54) is 0 Å². The molecule has 0 spiro atoms. The molecule has 1 unspecified atom stereocenters. The van der Waals surface area contributed by atoms with Crippen LogP contribution >= 0.6 is 15.9 Å². The van der Waals surface area contributed by atoms with Gasteiger partial charge in [-0.15, -0.1) is 6.58 Å². The summed E-state index contributed by atoms with van der Waals surface area (Å²) in [5.41, 5.74) is 0. The lowest BCUT2D eigenvalue weighted by molar-refractivity contribution is 0.408. The molecule has 1 heterocycles. The number of hydrogen-bond acceptors (Lipinski definition) is 2. The summed E-state index contributed by atoms with van der Waals surface area (Å²) < 4.78 is 6.23. The summed E-state index contributed by atoms with van der Waals surface area (Å²) in [5, 5.41) is 3.33. The molecule has 3 heteroatoms. The highest BCUT2D eigenvalue weighted by atomic mass is 79.9. The van der Waals surface area contributed by atoms with Gasteiger partial charge >= 0.3 is 0 Å². The quantitative estimate of drug-likeness (QED) is 0.804.